The molecule has 0 unspecified atom stereocenters. The lowest BCUT2D eigenvalue weighted by Gasteiger charge is -2.03. The number of carbonyl (C=O) groups excluding carboxylic acids is 2. The topological polar surface area (TPSA) is 66.4 Å². The maximum Gasteiger partial charge on any atom is 0.222 e. The van der Waals surface area contributed by atoms with Gasteiger partial charge in [-0.15, -0.1) is 0 Å². The molecule has 0 radical (unpaired) electrons. The fraction of sp³-hybridized carbons (Fsp3) is 0.778. The van der Waals surface area contributed by atoms with Gasteiger partial charge in [0.15, 0.2) is 0 Å². The van der Waals surface area contributed by atoms with Crippen LogP contribution in [0.3, 0.4) is 0 Å². The number of rotatable bonds is 8. The van der Waals surface area contributed by atoms with E-state index in [0.29, 0.717) is 6.54 Å². The molecule has 0 heterocycles. The Morgan fingerprint density at radius 3 is 2.43 bits per heavy atom. The molecule has 0 aliphatic rings. The second kappa shape index (κ2) is 8.97. The van der Waals surface area contributed by atoms with Crippen molar-refractivity contribution in [1.29, 1.82) is 0 Å². The Morgan fingerprint density at radius 2 is 1.86 bits per heavy atom. The lowest BCUT2D eigenvalue weighted by molar-refractivity contribution is -0.123. The van der Waals surface area contributed by atoms with E-state index in [0.717, 1.165) is 19.3 Å². The molecule has 0 bridgehead atoms. The molecule has 4 nitrogen and oxygen atoms in total. The van der Waals surface area contributed by atoms with E-state index < -0.39 is 5.24 Å². The van der Waals surface area contributed by atoms with Gasteiger partial charge in [0.25, 0.3) is 0 Å². The van der Waals surface area contributed by atoms with Crippen molar-refractivity contribution < 1.29 is 14.7 Å². The van der Waals surface area contributed by atoms with E-state index in [9.17, 15) is 9.59 Å². The zero-order valence-electron chi connectivity index (χ0n) is 8.09. The molecule has 0 atom stereocenters. The Bertz CT molecular complexity index is 185. The fourth-order valence-electron chi connectivity index (χ4n) is 0.942. The molecule has 14 heavy (non-hydrogen) atoms. The third kappa shape index (κ3) is 9.48. The Morgan fingerprint density at radius 1 is 1.14 bits per heavy atom. The van der Waals surface area contributed by atoms with Crippen LogP contribution in [0.4, 0.5) is 0 Å². The minimum Gasteiger partial charge on any atom is -0.396 e. The predicted molar refractivity (Wildman–Crippen MR) is 54.0 cm³/mol. The number of halogens is 1. The molecule has 1 amide bonds. The minimum absolute atomic E-state index is 0.0873. The first-order valence-electron chi connectivity index (χ1n) is 4.72. The number of aliphatic hydroxyl groups is 1. The molecule has 5 heteroatoms. The average Bonchev–Trinajstić information content (AvgIpc) is 2.14. The third-order valence-electron chi connectivity index (χ3n) is 1.71. The third-order valence-corrected chi connectivity index (χ3v) is 1.89. The van der Waals surface area contributed by atoms with E-state index >= 15 is 0 Å². The predicted octanol–water partition coefficient (Wildman–Crippen LogP) is 0.811. The molecule has 82 valence electrons. The van der Waals surface area contributed by atoms with Crippen LogP contribution in [0.5, 0.6) is 0 Å². The molecule has 0 saturated carbocycles. The van der Waals surface area contributed by atoms with Crippen molar-refractivity contribution in [2.75, 3.05) is 13.2 Å². The molecule has 0 fully saturated rings. The highest BCUT2D eigenvalue weighted by molar-refractivity contribution is 6.63. The molecule has 0 aliphatic carbocycles. The van der Waals surface area contributed by atoms with E-state index in [1.165, 1.54) is 0 Å². The first-order valence-corrected chi connectivity index (χ1v) is 5.10. The molecule has 0 aromatic heterocycles. The van der Waals surface area contributed by atoms with Crippen LogP contribution >= 0.6 is 11.6 Å². The summed E-state index contributed by atoms with van der Waals surface area (Å²) in [6.45, 7) is 0.782. The molecule has 0 aliphatic heterocycles. The maximum atomic E-state index is 11.0. The van der Waals surface area contributed by atoms with Crippen molar-refractivity contribution in [3.8, 4) is 0 Å². The summed E-state index contributed by atoms with van der Waals surface area (Å²) in [7, 11) is 0. The maximum absolute atomic E-state index is 11.0. The second-order valence-electron chi connectivity index (χ2n) is 2.99. The van der Waals surface area contributed by atoms with Crippen LogP contribution in [0.15, 0.2) is 0 Å². The number of amides is 1. The normalized spacial score (nSPS) is 9.86. The molecule has 2 N–H and O–H groups in total. The van der Waals surface area contributed by atoms with Gasteiger partial charge < -0.3 is 10.4 Å². The van der Waals surface area contributed by atoms with Gasteiger partial charge in [0.1, 0.15) is 0 Å². The molecule has 0 rings (SSSR count). The van der Waals surface area contributed by atoms with Crippen LogP contribution in [0.25, 0.3) is 0 Å². The van der Waals surface area contributed by atoms with Gasteiger partial charge in [-0.2, -0.15) is 0 Å². The molecular weight excluding hydrogens is 206 g/mol. The zero-order valence-corrected chi connectivity index (χ0v) is 8.85. The van der Waals surface area contributed by atoms with Crippen molar-refractivity contribution in [1.82, 2.24) is 5.32 Å². The summed E-state index contributed by atoms with van der Waals surface area (Å²) in [5.74, 6) is -0.150. The van der Waals surface area contributed by atoms with Gasteiger partial charge in [0.2, 0.25) is 11.1 Å². The van der Waals surface area contributed by atoms with Gasteiger partial charge in [-0.1, -0.05) is 0 Å². The lowest BCUT2D eigenvalue weighted by atomic mass is 10.2. The van der Waals surface area contributed by atoms with Crippen LogP contribution in [-0.2, 0) is 9.59 Å². The highest BCUT2D eigenvalue weighted by Crippen LogP contribution is 1.95. The molecular formula is C9H16ClNO3. The first-order chi connectivity index (χ1) is 6.66. The van der Waals surface area contributed by atoms with Gasteiger partial charge in [0, 0.05) is 26.0 Å². The summed E-state index contributed by atoms with van der Waals surface area (Å²) in [6.07, 6.45) is 2.74. The van der Waals surface area contributed by atoms with Crippen molar-refractivity contribution in [2.24, 2.45) is 0 Å². The Kier molecular flexibility index (Phi) is 8.57. The van der Waals surface area contributed by atoms with Gasteiger partial charge >= 0.3 is 0 Å². The summed E-state index contributed by atoms with van der Waals surface area (Å²) in [6, 6.07) is 0. The van der Waals surface area contributed by atoms with Crippen LogP contribution in [0.1, 0.15) is 32.1 Å². The summed E-state index contributed by atoms with van der Waals surface area (Å²) in [4.78, 5) is 21.3. The van der Waals surface area contributed by atoms with E-state index in [-0.39, 0.29) is 25.4 Å². The molecule has 0 saturated heterocycles. The van der Waals surface area contributed by atoms with E-state index in [4.69, 9.17) is 16.7 Å². The number of hydrogen-bond donors (Lipinski definition) is 2. The van der Waals surface area contributed by atoms with Crippen molar-refractivity contribution in [3.63, 3.8) is 0 Å². The zero-order chi connectivity index (χ0) is 10.8. The summed E-state index contributed by atoms with van der Waals surface area (Å²) in [5, 5.41) is 10.7. The first kappa shape index (κ1) is 13.4. The fourth-order valence-corrected chi connectivity index (χ4v) is 1.04. The van der Waals surface area contributed by atoms with Crippen LogP contribution in [-0.4, -0.2) is 29.4 Å². The molecule has 0 aromatic carbocycles. The second-order valence-corrected chi connectivity index (χ2v) is 3.41. The van der Waals surface area contributed by atoms with E-state index in [1.54, 1.807) is 0 Å². The SMILES string of the molecule is O=C(Cl)CCC(=O)NCCCCCO. The monoisotopic (exact) mass is 221 g/mol. The number of aliphatic hydroxyl groups excluding tert-OH is 1. The number of nitrogens with one attached hydrogen (secondary N) is 1. The minimum atomic E-state index is -0.486. The van der Waals surface area contributed by atoms with Crippen LogP contribution in [0.2, 0.25) is 0 Å². The van der Waals surface area contributed by atoms with Crippen molar-refractivity contribution in [2.45, 2.75) is 32.1 Å². The van der Waals surface area contributed by atoms with Gasteiger partial charge in [-0.3, -0.25) is 9.59 Å². The Balaban J connectivity index is 3.22. The lowest BCUT2D eigenvalue weighted by Crippen LogP contribution is -2.24. The number of unbranched alkanes of at least 4 members (excludes halogenated alkanes) is 2. The van der Waals surface area contributed by atoms with Crippen molar-refractivity contribution in [3.05, 3.63) is 0 Å². The standard InChI is InChI=1S/C9H16ClNO3/c10-8(13)4-5-9(14)11-6-2-1-3-7-12/h12H,1-7H2,(H,11,14). The largest absolute Gasteiger partial charge is 0.396 e. The highest BCUT2D eigenvalue weighted by atomic mass is 35.5. The van der Waals surface area contributed by atoms with Gasteiger partial charge in [-0.25, -0.2) is 0 Å². The van der Waals surface area contributed by atoms with Crippen LogP contribution in [0, 0.1) is 0 Å². The average molecular weight is 222 g/mol. The molecule has 0 aromatic rings. The Hall–Kier alpha value is -0.610. The summed E-state index contributed by atoms with van der Waals surface area (Å²) in [5.41, 5.74) is 0. The smallest absolute Gasteiger partial charge is 0.222 e. The summed E-state index contributed by atoms with van der Waals surface area (Å²) >= 11 is 5.08. The quantitative estimate of drug-likeness (QED) is 0.471. The number of carbonyl (C=O) groups is 2. The Labute approximate surface area is 88.6 Å². The van der Waals surface area contributed by atoms with E-state index in [1.807, 2.05) is 0 Å². The van der Waals surface area contributed by atoms with E-state index in [2.05, 4.69) is 5.32 Å². The van der Waals surface area contributed by atoms with Gasteiger partial charge in [-0.05, 0) is 30.9 Å². The van der Waals surface area contributed by atoms with Gasteiger partial charge in [0.05, 0.1) is 0 Å². The van der Waals surface area contributed by atoms with Crippen molar-refractivity contribution >= 4 is 22.8 Å². The number of hydrogen-bond acceptors (Lipinski definition) is 3. The van der Waals surface area contributed by atoms with Crippen LogP contribution < -0.4 is 5.32 Å². The highest BCUT2D eigenvalue weighted by Gasteiger charge is 2.03. The molecule has 0 spiro atoms. The summed E-state index contributed by atoms with van der Waals surface area (Å²) < 4.78 is 0.